The summed E-state index contributed by atoms with van der Waals surface area (Å²) in [6, 6.07) is 16.6. The van der Waals surface area contributed by atoms with Crippen LogP contribution in [0.4, 0.5) is 10.5 Å². The second kappa shape index (κ2) is 16.6. The Morgan fingerprint density at radius 3 is 2.42 bits per heavy atom. The first kappa shape index (κ1) is 32.0. The van der Waals surface area contributed by atoms with Crippen LogP contribution in [0.15, 0.2) is 54.6 Å². The van der Waals surface area contributed by atoms with Crippen molar-refractivity contribution < 1.29 is 33.8 Å². The number of carboxylic acid groups (broad SMARTS) is 1. The van der Waals surface area contributed by atoms with Crippen molar-refractivity contribution in [3.05, 3.63) is 65.7 Å². The van der Waals surface area contributed by atoms with Gasteiger partial charge in [0.05, 0.1) is 12.6 Å². The molecule has 1 saturated heterocycles. The molecule has 0 saturated carbocycles. The number of amides is 2. The fourth-order valence-corrected chi connectivity index (χ4v) is 5.68. The van der Waals surface area contributed by atoms with E-state index in [9.17, 15) is 24.3 Å². The van der Waals surface area contributed by atoms with Crippen molar-refractivity contribution in [2.45, 2.75) is 70.4 Å². The number of hydrogen-bond acceptors (Lipinski definition) is 7. The lowest BCUT2D eigenvalue weighted by molar-refractivity contribution is -0.144. The van der Waals surface area contributed by atoms with E-state index in [0.29, 0.717) is 63.5 Å². The molecule has 2 aromatic rings. The molecule has 0 aliphatic carbocycles. The molecule has 43 heavy (non-hydrogen) atoms. The summed E-state index contributed by atoms with van der Waals surface area (Å²) in [6.07, 6.45) is 6.24. The lowest BCUT2D eigenvalue weighted by atomic mass is 9.94. The quantitative estimate of drug-likeness (QED) is 0.241. The number of carbonyl (C=O) groups is 4. The number of benzene rings is 2. The van der Waals surface area contributed by atoms with Gasteiger partial charge in [-0.25, -0.2) is 4.79 Å². The van der Waals surface area contributed by atoms with Gasteiger partial charge >= 0.3 is 18.0 Å². The Labute approximate surface area is 253 Å². The van der Waals surface area contributed by atoms with Crippen LogP contribution in [0.3, 0.4) is 0 Å². The molecule has 0 radical (unpaired) electrons. The van der Waals surface area contributed by atoms with Crippen LogP contribution in [0.1, 0.15) is 62.5 Å². The largest absolute Gasteiger partial charge is 0.480 e. The number of fused-ring (bicyclic) bond motifs is 1. The van der Waals surface area contributed by atoms with Gasteiger partial charge in [-0.1, -0.05) is 55.0 Å². The molecule has 2 N–H and O–H groups in total. The van der Waals surface area contributed by atoms with E-state index in [-0.39, 0.29) is 31.1 Å². The van der Waals surface area contributed by atoms with Gasteiger partial charge in [0.1, 0.15) is 13.2 Å². The zero-order valence-corrected chi connectivity index (χ0v) is 24.7. The van der Waals surface area contributed by atoms with Gasteiger partial charge in [0.15, 0.2) is 0 Å². The number of ether oxygens (including phenoxy) is 2. The molecule has 1 fully saturated rings. The van der Waals surface area contributed by atoms with E-state index in [0.717, 1.165) is 43.2 Å². The number of unbranched alkanes of at least 4 members (excludes halogenated alkanes) is 2. The highest BCUT2D eigenvalue weighted by molar-refractivity contribution is 6.01. The van der Waals surface area contributed by atoms with Crippen LogP contribution in [-0.2, 0) is 36.9 Å². The van der Waals surface area contributed by atoms with E-state index in [2.05, 4.69) is 5.32 Å². The van der Waals surface area contributed by atoms with E-state index in [1.165, 1.54) is 4.90 Å². The third kappa shape index (κ3) is 10.1. The minimum Gasteiger partial charge on any atom is -0.480 e. The molecule has 0 bridgehead atoms. The van der Waals surface area contributed by atoms with Gasteiger partial charge in [0.2, 0.25) is 5.91 Å². The predicted octanol–water partition coefficient (Wildman–Crippen LogP) is 4.55. The van der Waals surface area contributed by atoms with E-state index >= 15 is 0 Å². The number of esters is 1. The number of aliphatic carboxylic acids is 1. The Morgan fingerprint density at radius 2 is 1.65 bits per heavy atom. The number of likely N-dealkylation sites (tertiary alicyclic amines) is 1. The van der Waals surface area contributed by atoms with E-state index in [1.807, 2.05) is 48.5 Å². The second-order valence-electron chi connectivity index (χ2n) is 11.3. The van der Waals surface area contributed by atoms with Gasteiger partial charge in [0.25, 0.3) is 0 Å². The molecule has 10 heteroatoms. The lowest BCUT2D eigenvalue weighted by Gasteiger charge is -2.31. The third-order valence-electron chi connectivity index (χ3n) is 8.16. The molecule has 1 atom stereocenters. The van der Waals surface area contributed by atoms with Gasteiger partial charge in [0, 0.05) is 25.2 Å². The van der Waals surface area contributed by atoms with Crippen molar-refractivity contribution in [2.24, 2.45) is 5.92 Å². The summed E-state index contributed by atoms with van der Waals surface area (Å²) in [5, 5.41) is 12.6. The van der Waals surface area contributed by atoms with Crippen LogP contribution in [0.2, 0.25) is 0 Å². The molecule has 4 rings (SSSR count). The van der Waals surface area contributed by atoms with Crippen molar-refractivity contribution in [3.63, 3.8) is 0 Å². The fourth-order valence-electron chi connectivity index (χ4n) is 5.68. The molecule has 0 spiro atoms. The highest BCUT2D eigenvalue weighted by Gasteiger charge is 2.31. The number of anilines is 1. The summed E-state index contributed by atoms with van der Waals surface area (Å²) in [7, 11) is 0. The topological polar surface area (TPSA) is 125 Å². The maximum atomic E-state index is 13.1. The van der Waals surface area contributed by atoms with Crippen molar-refractivity contribution in [2.75, 3.05) is 37.7 Å². The number of carbonyl (C=O) groups excluding carboxylic acids is 3. The Hall–Kier alpha value is -3.92. The molecule has 2 aliphatic rings. The summed E-state index contributed by atoms with van der Waals surface area (Å²) in [5.41, 5.74) is 2.61. The molecule has 2 aliphatic heterocycles. The normalized spacial score (nSPS) is 17.2. The number of piperidine rings is 1. The van der Waals surface area contributed by atoms with Crippen LogP contribution in [0.25, 0.3) is 0 Å². The van der Waals surface area contributed by atoms with Crippen LogP contribution in [0.5, 0.6) is 0 Å². The molecule has 2 amide bonds. The number of nitrogens with zero attached hydrogens (tertiary/aromatic N) is 2. The first-order chi connectivity index (χ1) is 20.9. The van der Waals surface area contributed by atoms with Crippen molar-refractivity contribution in [1.29, 1.82) is 0 Å². The summed E-state index contributed by atoms with van der Waals surface area (Å²) >= 11 is 0. The summed E-state index contributed by atoms with van der Waals surface area (Å²) in [4.78, 5) is 52.2. The number of rotatable bonds is 14. The van der Waals surface area contributed by atoms with Gasteiger partial charge in [-0.05, 0) is 74.6 Å². The Bertz CT molecular complexity index is 1210. The first-order valence-electron chi connectivity index (χ1n) is 15.4. The highest BCUT2D eigenvalue weighted by Crippen LogP contribution is 2.27. The minimum atomic E-state index is -1.04. The summed E-state index contributed by atoms with van der Waals surface area (Å²) in [6.45, 7) is 2.21. The molecular weight excluding hydrogens is 550 g/mol. The molecule has 10 nitrogen and oxygen atoms in total. The highest BCUT2D eigenvalue weighted by atomic mass is 16.6. The molecule has 2 heterocycles. The van der Waals surface area contributed by atoms with Crippen molar-refractivity contribution >= 4 is 29.6 Å². The maximum absolute atomic E-state index is 13.1. The van der Waals surface area contributed by atoms with Gasteiger partial charge in [-0.2, -0.15) is 0 Å². The Balaban J connectivity index is 1.04. The molecule has 232 valence electrons. The molecular formula is C33H43N3O7. The van der Waals surface area contributed by atoms with Crippen molar-refractivity contribution in [1.82, 2.24) is 10.2 Å². The maximum Gasteiger partial charge on any atom is 0.410 e. The molecule has 2 aromatic carbocycles. The van der Waals surface area contributed by atoms with E-state index in [1.54, 1.807) is 11.0 Å². The first-order valence-corrected chi connectivity index (χ1v) is 15.4. The second-order valence-corrected chi connectivity index (χ2v) is 11.3. The fraction of sp³-hybridized carbons (Fsp3) is 0.515. The third-order valence-corrected chi connectivity index (χ3v) is 8.16. The Kier molecular flexibility index (Phi) is 12.4. The molecule has 0 aromatic heterocycles. The van der Waals surface area contributed by atoms with Gasteiger partial charge in [-0.3, -0.25) is 19.3 Å². The number of para-hydroxylation sites is 1. The number of nitrogens with one attached hydrogen (secondary N) is 1. The lowest BCUT2D eigenvalue weighted by Crippen LogP contribution is -2.47. The van der Waals surface area contributed by atoms with Crippen LogP contribution in [-0.4, -0.2) is 72.8 Å². The minimum absolute atomic E-state index is 0.198. The number of hydrogen-bond donors (Lipinski definition) is 2. The monoisotopic (exact) mass is 593 g/mol. The zero-order chi connectivity index (χ0) is 30.4. The summed E-state index contributed by atoms with van der Waals surface area (Å²) < 4.78 is 10.9. The predicted molar refractivity (Wildman–Crippen MR) is 162 cm³/mol. The Morgan fingerprint density at radius 1 is 0.907 bits per heavy atom. The standard InChI is InChI=1S/C33H43N3O7/c37-30(38)23-36-29-12-7-6-11-27(29)14-15-28(32(36)40)34-19-8-2-5-13-31(39)42-22-18-25-16-20-35(21-17-25)33(41)43-24-26-9-3-1-4-10-26/h1,3-4,6-7,9-12,25,28,34H,2,5,8,13-24H2,(H,37,38)/t28-/m0/s1. The number of aryl methyl sites for hydroxylation is 1. The van der Waals surface area contributed by atoms with Crippen molar-refractivity contribution in [3.8, 4) is 0 Å². The molecule has 0 unspecified atom stereocenters. The van der Waals surface area contributed by atoms with Crippen LogP contribution >= 0.6 is 0 Å². The average molecular weight is 594 g/mol. The average Bonchev–Trinajstić information content (AvgIpc) is 3.14. The van der Waals surface area contributed by atoms with Gasteiger partial charge in [-0.15, -0.1) is 0 Å². The van der Waals surface area contributed by atoms with E-state index in [4.69, 9.17) is 9.47 Å². The summed E-state index contributed by atoms with van der Waals surface area (Å²) in [5.74, 6) is -1.04. The van der Waals surface area contributed by atoms with Crippen LogP contribution < -0.4 is 10.2 Å². The zero-order valence-electron chi connectivity index (χ0n) is 24.7. The smallest absolute Gasteiger partial charge is 0.410 e. The van der Waals surface area contributed by atoms with Crippen LogP contribution in [0, 0.1) is 5.92 Å². The SMILES string of the molecule is O=C(O)CN1C(=O)[C@@H](NCCCCCC(=O)OCCC2CCN(C(=O)OCc3ccccc3)CC2)CCc2ccccc21. The van der Waals surface area contributed by atoms with E-state index < -0.39 is 12.0 Å². The number of carboxylic acids is 1. The van der Waals surface area contributed by atoms with Gasteiger partial charge < -0.3 is 24.8 Å².